The minimum Gasteiger partial charge on any atom is -0.481 e. The summed E-state index contributed by atoms with van der Waals surface area (Å²) in [5.74, 6) is 0.414. The first kappa shape index (κ1) is 26.1. The quantitative estimate of drug-likeness (QED) is 0.563. The van der Waals surface area contributed by atoms with Crippen LogP contribution in [0.3, 0.4) is 0 Å². The van der Waals surface area contributed by atoms with Crippen molar-refractivity contribution in [2.45, 2.75) is 57.6 Å². The van der Waals surface area contributed by atoms with Crippen LogP contribution in [0.1, 0.15) is 61.8 Å². The molecule has 2 aromatic rings. The smallest absolute Gasteiger partial charge is 0.261 e. The first-order valence-electron chi connectivity index (χ1n) is 13.1. The van der Waals surface area contributed by atoms with Gasteiger partial charge in [-0.3, -0.25) is 9.59 Å². The Kier molecular flexibility index (Phi) is 8.62. The third-order valence-electron chi connectivity index (χ3n) is 7.32. The highest BCUT2D eigenvalue weighted by molar-refractivity contribution is 5.81. The van der Waals surface area contributed by atoms with Crippen molar-refractivity contribution >= 4 is 11.8 Å². The van der Waals surface area contributed by atoms with Gasteiger partial charge in [0, 0.05) is 25.6 Å². The van der Waals surface area contributed by atoms with Gasteiger partial charge in [0.2, 0.25) is 5.91 Å². The Morgan fingerprint density at radius 2 is 1.86 bits per heavy atom. The molecule has 0 bridgehead atoms. The van der Waals surface area contributed by atoms with E-state index in [-0.39, 0.29) is 29.6 Å². The predicted molar refractivity (Wildman–Crippen MR) is 138 cm³/mol. The molecule has 0 saturated heterocycles. The fourth-order valence-corrected chi connectivity index (χ4v) is 5.32. The highest BCUT2D eigenvalue weighted by atomic mass is 19.1. The van der Waals surface area contributed by atoms with Crippen LogP contribution >= 0.6 is 0 Å². The average molecular weight is 496 g/mol. The second-order valence-electron chi connectivity index (χ2n) is 10.2. The zero-order valence-electron chi connectivity index (χ0n) is 21.6. The van der Waals surface area contributed by atoms with Crippen LogP contribution in [0.4, 0.5) is 4.39 Å². The molecule has 4 rings (SSSR count). The third-order valence-corrected chi connectivity index (χ3v) is 7.32. The Bertz CT molecular complexity index is 1050. The highest BCUT2D eigenvalue weighted by Gasteiger charge is 2.36. The first-order valence-corrected chi connectivity index (χ1v) is 13.1. The van der Waals surface area contributed by atoms with Crippen LogP contribution in [0.15, 0.2) is 42.5 Å². The largest absolute Gasteiger partial charge is 0.481 e. The molecule has 1 heterocycles. The Labute approximate surface area is 213 Å². The standard InChI is InChI=1S/C29H38FN3O3/c1-4-26(28(34)31-16-18-32(2)3)36-24-14-11-20-15-17-33(29(35)22-7-5-6-8-22)27(25(20)19-24)21-9-12-23(30)13-10-21/h9-14,19,22,26-27H,4-8,15-18H2,1-3H3,(H,31,34)/t26-,27-/m1/s1. The van der Waals surface area contributed by atoms with Crippen molar-refractivity contribution in [3.05, 3.63) is 65.0 Å². The number of likely N-dealkylation sites (N-methyl/N-ethyl adjacent to an activating group) is 1. The van der Waals surface area contributed by atoms with E-state index in [1.807, 2.05) is 49.0 Å². The van der Waals surface area contributed by atoms with Gasteiger partial charge in [-0.25, -0.2) is 4.39 Å². The fraction of sp³-hybridized carbons (Fsp3) is 0.517. The van der Waals surface area contributed by atoms with Crippen LogP contribution in [0.25, 0.3) is 0 Å². The van der Waals surface area contributed by atoms with E-state index < -0.39 is 6.10 Å². The zero-order chi connectivity index (χ0) is 25.7. The number of hydrogen-bond acceptors (Lipinski definition) is 4. The van der Waals surface area contributed by atoms with E-state index in [0.29, 0.717) is 25.3 Å². The first-order chi connectivity index (χ1) is 17.4. The zero-order valence-corrected chi connectivity index (χ0v) is 21.6. The maximum atomic E-state index is 13.8. The summed E-state index contributed by atoms with van der Waals surface area (Å²) in [7, 11) is 3.93. The molecular weight excluding hydrogens is 457 g/mol. The molecule has 2 amide bonds. The lowest BCUT2D eigenvalue weighted by Gasteiger charge is -2.39. The molecular formula is C29H38FN3O3. The summed E-state index contributed by atoms with van der Waals surface area (Å²) in [6.45, 7) is 3.88. The molecule has 1 saturated carbocycles. The van der Waals surface area contributed by atoms with Crippen LogP contribution in [-0.2, 0) is 16.0 Å². The second kappa shape index (κ2) is 11.9. The van der Waals surface area contributed by atoms with Gasteiger partial charge < -0.3 is 19.9 Å². The van der Waals surface area contributed by atoms with Crippen LogP contribution in [-0.4, -0.2) is 61.4 Å². The summed E-state index contributed by atoms with van der Waals surface area (Å²) < 4.78 is 19.9. The molecule has 0 spiro atoms. The summed E-state index contributed by atoms with van der Waals surface area (Å²) in [6.07, 6.45) is 4.75. The molecule has 1 aliphatic heterocycles. The Morgan fingerprint density at radius 1 is 1.14 bits per heavy atom. The van der Waals surface area contributed by atoms with Gasteiger partial charge in [0.25, 0.3) is 5.91 Å². The fourth-order valence-electron chi connectivity index (χ4n) is 5.32. The third kappa shape index (κ3) is 6.06. The number of hydrogen-bond donors (Lipinski definition) is 1. The molecule has 0 radical (unpaired) electrons. The number of ether oxygens (including phenoxy) is 1. The maximum Gasteiger partial charge on any atom is 0.261 e. The maximum absolute atomic E-state index is 13.8. The topological polar surface area (TPSA) is 61.9 Å². The summed E-state index contributed by atoms with van der Waals surface area (Å²) in [5, 5.41) is 2.95. The number of benzene rings is 2. The van der Waals surface area contributed by atoms with Gasteiger partial charge in [-0.05, 0) is 80.7 Å². The van der Waals surface area contributed by atoms with Crippen molar-refractivity contribution in [1.82, 2.24) is 15.1 Å². The minimum absolute atomic E-state index is 0.0595. The number of halogens is 1. The van der Waals surface area contributed by atoms with E-state index in [2.05, 4.69) is 5.32 Å². The molecule has 194 valence electrons. The van der Waals surface area contributed by atoms with Gasteiger partial charge in [-0.2, -0.15) is 0 Å². The molecule has 0 unspecified atom stereocenters. The van der Waals surface area contributed by atoms with Gasteiger partial charge in [0.15, 0.2) is 6.10 Å². The number of carbonyl (C=O) groups is 2. The van der Waals surface area contributed by atoms with Crippen molar-refractivity contribution in [3.63, 3.8) is 0 Å². The van der Waals surface area contributed by atoms with Crippen LogP contribution in [0, 0.1) is 11.7 Å². The van der Waals surface area contributed by atoms with Crippen molar-refractivity contribution < 1.29 is 18.7 Å². The monoisotopic (exact) mass is 495 g/mol. The molecule has 1 N–H and O–H groups in total. The Hall–Kier alpha value is -2.93. The van der Waals surface area contributed by atoms with Gasteiger partial charge in [-0.15, -0.1) is 0 Å². The SMILES string of the molecule is CC[C@@H](Oc1ccc2c(c1)[C@@H](c1ccc(F)cc1)N(C(=O)C1CCCC1)CC2)C(=O)NCCN(C)C. The molecule has 6 nitrogen and oxygen atoms in total. The minimum atomic E-state index is -0.603. The number of nitrogens with one attached hydrogen (secondary N) is 1. The summed E-state index contributed by atoms with van der Waals surface area (Å²) in [4.78, 5) is 30.3. The van der Waals surface area contributed by atoms with Crippen LogP contribution in [0.2, 0.25) is 0 Å². The Morgan fingerprint density at radius 3 is 2.53 bits per heavy atom. The van der Waals surface area contributed by atoms with E-state index in [4.69, 9.17) is 4.74 Å². The summed E-state index contributed by atoms with van der Waals surface area (Å²) >= 11 is 0. The second-order valence-corrected chi connectivity index (χ2v) is 10.2. The molecule has 1 fully saturated rings. The lowest BCUT2D eigenvalue weighted by atomic mass is 9.87. The lowest BCUT2D eigenvalue weighted by molar-refractivity contribution is -0.137. The number of fused-ring (bicyclic) bond motifs is 1. The van der Waals surface area contributed by atoms with Crippen molar-refractivity contribution in [3.8, 4) is 5.75 Å². The Balaban J connectivity index is 1.61. The molecule has 1 aliphatic carbocycles. The van der Waals surface area contributed by atoms with Crippen LogP contribution < -0.4 is 10.1 Å². The number of amides is 2. The van der Waals surface area contributed by atoms with E-state index in [1.165, 1.54) is 12.1 Å². The lowest BCUT2D eigenvalue weighted by Crippen LogP contribution is -2.43. The predicted octanol–water partition coefficient (Wildman–Crippen LogP) is 4.33. The van der Waals surface area contributed by atoms with Gasteiger partial charge in [0.1, 0.15) is 11.6 Å². The number of nitrogens with zero attached hydrogens (tertiary/aromatic N) is 2. The van der Waals surface area contributed by atoms with Crippen molar-refractivity contribution in [2.75, 3.05) is 33.7 Å². The molecule has 2 aromatic carbocycles. The van der Waals surface area contributed by atoms with Crippen molar-refractivity contribution in [1.29, 1.82) is 0 Å². The molecule has 2 aliphatic rings. The molecule has 36 heavy (non-hydrogen) atoms. The van der Waals surface area contributed by atoms with E-state index in [1.54, 1.807) is 12.1 Å². The van der Waals surface area contributed by atoms with Gasteiger partial charge in [-0.1, -0.05) is 38.0 Å². The molecule has 2 atom stereocenters. The molecule has 0 aromatic heterocycles. The normalized spacial score (nSPS) is 18.7. The number of carbonyl (C=O) groups excluding carboxylic acids is 2. The van der Waals surface area contributed by atoms with Gasteiger partial charge in [0.05, 0.1) is 6.04 Å². The van der Waals surface area contributed by atoms with Crippen LogP contribution in [0.5, 0.6) is 5.75 Å². The average Bonchev–Trinajstić information content (AvgIpc) is 3.41. The van der Waals surface area contributed by atoms with E-state index >= 15 is 0 Å². The number of rotatable bonds is 9. The van der Waals surface area contributed by atoms with Crippen molar-refractivity contribution in [2.24, 2.45) is 5.92 Å². The highest BCUT2D eigenvalue weighted by Crippen LogP contribution is 2.40. The summed E-state index contributed by atoms with van der Waals surface area (Å²) in [6, 6.07) is 12.0. The van der Waals surface area contributed by atoms with E-state index in [9.17, 15) is 14.0 Å². The molecule has 7 heteroatoms. The summed E-state index contributed by atoms with van der Waals surface area (Å²) in [5.41, 5.74) is 3.02. The van der Waals surface area contributed by atoms with E-state index in [0.717, 1.165) is 55.3 Å². The van der Waals surface area contributed by atoms with Gasteiger partial charge >= 0.3 is 0 Å².